The predicted molar refractivity (Wildman–Crippen MR) is 241 cm³/mol. The minimum atomic E-state index is -1.40. The van der Waals surface area contributed by atoms with Gasteiger partial charge in [0.15, 0.2) is 0 Å². The zero-order valence-electron chi connectivity index (χ0n) is 34.4. The molecule has 0 bridgehead atoms. The number of aromatic nitrogens is 3. The van der Waals surface area contributed by atoms with E-state index in [-0.39, 0.29) is 20.1 Å². The van der Waals surface area contributed by atoms with Gasteiger partial charge < -0.3 is 9.55 Å². The number of nitriles is 1. The van der Waals surface area contributed by atoms with Gasteiger partial charge >= 0.3 is 0 Å². The molecule has 0 aliphatic carbocycles. The van der Waals surface area contributed by atoms with Crippen LogP contribution in [-0.4, -0.2) is 22.6 Å². The molecule has 7 heteroatoms. The van der Waals surface area contributed by atoms with Gasteiger partial charge in [-0.1, -0.05) is 127 Å². The Morgan fingerprint density at radius 2 is 1.44 bits per heavy atom. The van der Waals surface area contributed by atoms with E-state index in [2.05, 4.69) is 180 Å². The first-order valence-corrected chi connectivity index (χ1v) is 24.0. The molecule has 1 radical (unpaired) electrons. The second kappa shape index (κ2) is 17.4. The second-order valence-corrected chi connectivity index (χ2v) is 22.9. The van der Waals surface area contributed by atoms with E-state index in [1.54, 1.807) is 6.07 Å². The molecule has 0 fully saturated rings. The maximum atomic E-state index is 8.89. The molecule has 3 aromatic heterocycles. The number of hydrogen-bond donors (Lipinski definition) is 0. The smallest absolute Gasteiger partial charge is 0.0798 e. The summed E-state index contributed by atoms with van der Waals surface area (Å²) in [5.74, 6) is 2.37. The van der Waals surface area contributed by atoms with Crippen molar-refractivity contribution in [3.05, 3.63) is 144 Å². The van der Waals surface area contributed by atoms with Crippen molar-refractivity contribution in [3.8, 4) is 34.4 Å². The van der Waals surface area contributed by atoms with Crippen molar-refractivity contribution in [3.63, 3.8) is 0 Å². The SMILES string of the molecule is CC(C)Cc1cc(-c2[c-]cc(C#N)cc2)ncc1[Si](C)(C)C.CC(C)c1cccc(C(C)C)c1-n1c(-c2[c-]cc3sc4ccccc4c3c2)nc2ccccc21.[Ir]. The van der Waals surface area contributed by atoms with Crippen molar-refractivity contribution < 1.29 is 20.1 Å². The summed E-state index contributed by atoms with van der Waals surface area (Å²) >= 11 is 1.83. The third-order valence-electron chi connectivity index (χ3n) is 10.3. The van der Waals surface area contributed by atoms with E-state index in [0.29, 0.717) is 23.3 Å². The fourth-order valence-corrected chi connectivity index (χ4v) is 10.2. The van der Waals surface area contributed by atoms with Crippen LogP contribution < -0.4 is 5.19 Å². The summed E-state index contributed by atoms with van der Waals surface area (Å²) in [5.41, 5.74) is 11.1. The molecule has 0 unspecified atom stereocenters. The van der Waals surface area contributed by atoms with Crippen LogP contribution in [0.25, 0.3) is 59.5 Å². The van der Waals surface area contributed by atoms with E-state index < -0.39 is 8.07 Å². The summed E-state index contributed by atoms with van der Waals surface area (Å²) < 4.78 is 4.95. The van der Waals surface area contributed by atoms with Crippen molar-refractivity contribution in [2.24, 2.45) is 5.92 Å². The van der Waals surface area contributed by atoms with E-state index in [1.165, 1.54) is 47.7 Å². The van der Waals surface area contributed by atoms with E-state index in [1.807, 2.05) is 23.5 Å². The molecular formula is C50H50IrN4SSi-2. The number of para-hydroxylation sites is 3. The molecule has 0 spiro atoms. The van der Waals surface area contributed by atoms with Crippen LogP contribution in [-0.2, 0) is 26.5 Å². The zero-order chi connectivity index (χ0) is 39.7. The molecule has 8 aromatic rings. The van der Waals surface area contributed by atoms with Crippen LogP contribution in [0.3, 0.4) is 0 Å². The average molecular weight is 959 g/mol. The first-order valence-electron chi connectivity index (χ1n) is 19.7. The Kier molecular flexibility index (Phi) is 12.8. The van der Waals surface area contributed by atoms with E-state index in [9.17, 15) is 0 Å². The van der Waals surface area contributed by atoms with Crippen LogP contribution in [0.4, 0.5) is 0 Å². The summed E-state index contributed by atoms with van der Waals surface area (Å²) in [6.45, 7) is 20.7. The first-order chi connectivity index (χ1) is 26.8. The van der Waals surface area contributed by atoms with Crippen LogP contribution in [0.2, 0.25) is 19.6 Å². The van der Waals surface area contributed by atoms with Crippen molar-refractivity contribution >= 4 is 55.8 Å². The van der Waals surface area contributed by atoms with Gasteiger partial charge in [-0.2, -0.15) is 11.3 Å². The molecule has 0 saturated carbocycles. The normalized spacial score (nSPS) is 11.6. The third kappa shape index (κ3) is 8.76. The number of benzene rings is 5. The molecule has 0 N–H and O–H groups in total. The fourth-order valence-electron chi connectivity index (χ4n) is 7.58. The molecule has 4 nitrogen and oxygen atoms in total. The van der Waals surface area contributed by atoms with Crippen LogP contribution in [0.1, 0.15) is 75.6 Å². The number of hydrogen-bond acceptors (Lipinski definition) is 4. The molecule has 57 heavy (non-hydrogen) atoms. The Morgan fingerprint density at radius 3 is 2.09 bits per heavy atom. The summed E-state index contributed by atoms with van der Waals surface area (Å²) in [6, 6.07) is 44.8. The average Bonchev–Trinajstić information content (AvgIpc) is 3.75. The second-order valence-electron chi connectivity index (χ2n) is 16.8. The van der Waals surface area contributed by atoms with Gasteiger partial charge in [-0.3, -0.25) is 4.98 Å². The Balaban J connectivity index is 0.000000208. The summed E-state index contributed by atoms with van der Waals surface area (Å²) in [6.07, 6.45) is 3.14. The van der Waals surface area contributed by atoms with Gasteiger partial charge in [0.25, 0.3) is 0 Å². The van der Waals surface area contributed by atoms with Crippen LogP contribution in [0.15, 0.2) is 109 Å². The van der Waals surface area contributed by atoms with Gasteiger partial charge in [0.05, 0.1) is 24.9 Å². The quantitative estimate of drug-likeness (QED) is 0.113. The number of rotatable bonds is 8. The van der Waals surface area contributed by atoms with Crippen LogP contribution in [0.5, 0.6) is 0 Å². The molecule has 5 aromatic carbocycles. The van der Waals surface area contributed by atoms with Crippen molar-refractivity contribution in [2.75, 3.05) is 0 Å². The monoisotopic (exact) mass is 959 g/mol. The molecule has 0 atom stereocenters. The van der Waals surface area contributed by atoms with Crippen molar-refractivity contribution in [1.29, 1.82) is 5.26 Å². The van der Waals surface area contributed by atoms with E-state index >= 15 is 0 Å². The Bertz CT molecular complexity index is 2680. The van der Waals surface area contributed by atoms with Crippen LogP contribution in [0, 0.1) is 29.4 Å². The zero-order valence-corrected chi connectivity index (χ0v) is 38.6. The van der Waals surface area contributed by atoms with Gasteiger partial charge in [-0.15, -0.1) is 53.6 Å². The predicted octanol–water partition coefficient (Wildman–Crippen LogP) is 13.3. The molecule has 291 valence electrons. The summed E-state index contributed by atoms with van der Waals surface area (Å²) in [7, 11) is -1.40. The maximum Gasteiger partial charge on any atom is 0.0798 e. The number of imidazole rings is 1. The Hall–Kier alpha value is -4.70. The van der Waals surface area contributed by atoms with E-state index in [0.717, 1.165) is 40.1 Å². The van der Waals surface area contributed by atoms with Gasteiger partial charge in [-0.05, 0) is 80.0 Å². The fraction of sp³-hybridized carbons (Fsp3) is 0.260. The van der Waals surface area contributed by atoms with E-state index in [4.69, 9.17) is 10.2 Å². The van der Waals surface area contributed by atoms with Gasteiger partial charge in [0.2, 0.25) is 0 Å². The molecule has 0 aliphatic rings. The molecule has 0 saturated heterocycles. The number of fused-ring (bicyclic) bond motifs is 4. The molecular weight excluding hydrogens is 909 g/mol. The number of nitrogens with zero attached hydrogens (tertiary/aromatic N) is 4. The standard InChI is InChI=1S/C31H27N2S.C19H23N2Si.Ir/c1-19(2)22-11-9-12-23(20(3)4)30(22)33-27-14-7-6-13-26(27)32-31(33)21-16-17-29-25(18-21)24-10-5-8-15-28(24)34-29;1-14(2)10-17-11-18(21-13-19(17)22(3,4)5)16-8-6-15(12-20)7-9-16;/h5-15,17-20H,1-4H3;6-8,11,13-14H,10H2,1-5H3;/q2*-1;. The van der Waals surface area contributed by atoms with Crippen LogP contribution >= 0.6 is 11.3 Å². The van der Waals surface area contributed by atoms with Gasteiger partial charge in [-0.25, -0.2) is 5.26 Å². The molecule has 3 heterocycles. The minimum Gasteiger partial charge on any atom is -0.333 e. The Labute approximate surface area is 357 Å². The summed E-state index contributed by atoms with van der Waals surface area (Å²) in [5, 5.41) is 12.9. The minimum absolute atomic E-state index is 0. The van der Waals surface area contributed by atoms with Crippen molar-refractivity contribution in [2.45, 2.75) is 79.4 Å². The third-order valence-corrected chi connectivity index (χ3v) is 13.5. The summed E-state index contributed by atoms with van der Waals surface area (Å²) in [4.78, 5) is 9.83. The molecule has 0 amide bonds. The number of pyridine rings is 1. The van der Waals surface area contributed by atoms with Gasteiger partial charge in [0.1, 0.15) is 0 Å². The topological polar surface area (TPSA) is 54.5 Å². The van der Waals surface area contributed by atoms with Crippen molar-refractivity contribution in [1.82, 2.24) is 14.5 Å². The largest absolute Gasteiger partial charge is 0.333 e. The number of thiophene rings is 1. The molecule has 8 rings (SSSR count). The first kappa shape index (κ1) is 41.9. The maximum absolute atomic E-state index is 8.89. The van der Waals surface area contributed by atoms with Gasteiger partial charge in [0, 0.05) is 42.8 Å². The molecule has 0 aliphatic heterocycles. The Morgan fingerprint density at radius 1 is 0.754 bits per heavy atom.